The minimum absolute atomic E-state index is 0.0283. The molecule has 0 aliphatic rings. The molecule has 0 radical (unpaired) electrons. The second kappa shape index (κ2) is 8.77. The van der Waals surface area contributed by atoms with Gasteiger partial charge in [0.25, 0.3) is 0 Å². The highest BCUT2D eigenvalue weighted by Gasteiger charge is 2.08. The van der Waals surface area contributed by atoms with Gasteiger partial charge in [-0.3, -0.25) is 0 Å². The molecule has 2 amide bonds. The molecular weight excluding hydrogens is 264 g/mol. The van der Waals surface area contributed by atoms with Crippen LogP contribution in [-0.2, 0) is 6.42 Å². The van der Waals surface area contributed by atoms with Gasteiger partial charge in [0.05, 0.1) is 0 Å². The van der Waals surface area contributed by atoms with Crippen LogP contribution in [0.2, 0.25) is 5.02 Å². The molecule has 0 aliphatic heterocycles. The molecule has 4 nitrogen and oxygen atoms in total. The molecule has 0 bridgehead atoms. The number of aliphatic hydroxyl groups excluding tert-OH is 1. The summed E-state index contributed by atoms with van der Waals surface area (Å²) in [6, 6.07) is 7.41. The molecule has 1 unspecified atom stereocenters. The molecule has 3 N–H and O–H groups in total. The van der Waals surface area contributed by atoms with Crippen molar-refractivity contribution in [1.82, 2.24) is 10.6 Å². The van der Waals surface area contributed by atoms with Crippen LogP contribution in [0.3, 0.4) is 0 Å². The predicted octanol–water partition coefficient (Wildman–Crippen LogP) is 2.34. The fraction of sp³-hybridized carbons (Fsp3) is 0.500. The van der Waals surface area contributed by atoms with Crippen molar-refractivity contribution < 1.29 is 9.90 Å². The third-order valence-electron chi connectivity index (χ3n) is 2.92. The van der Waals surface area contributed by atoms with E-state index in [9.17, 15) is 4.79 Å². The Morgan fingerprint density at radius 3 is 2.63 bits per heavy atom. The van der Waals surface area contributed by atoms with Crippen molar-refractivity contribution in [3.8, 4) is 0 Å². The predicted molar refractivity (Wildman–Crippen MR) is 77.5 cm³/mol. The lowest BCUT2D eigenvalue weighted by Crippen LogP contribution is -2.42. The van der Waals surface area contributed by atoms with Gasteiger partial charge in [0.2, 0.25) is 0 Å². The first kappa shape index (κ1) is 15.8. The SMILES string of the molecule is CCC(CCO)NC(=O)NCCc1ccc(Cl)cc1. The van der Waals surface area contributed by atoms with E-state index >= 15 is 0 Å². The van der Waals surface area contributed by atoms with E-state index in [4.69, 9.17) is 16.7 Å². The minimum Gasteiger partial charge on any atom is -0.396 e. The number of benzene rings is 1. The van der Waals surface area contributed by atoms with E-state index in [1.54, 1.807) is 0 Å². The van der Waals surface area contributed by atoms with Crippen molar-refractivity contribution in [1.29, 1.82) is 0 Å². The van der Waals surface area contributed by atoms with Crippen LogP contribution in [-0.4, -0.2) is 30.3 Å². The summed E-state index contributed by atoms with van der Waals surface area (Å²) in [5.74, 6) is 0. The molecular formula is C14H21ClN2O2. The molecule has 19 heavy (non-hydrogen) atoms. The molecule has 0 saturated carbocycles. The van der Waals surface area contributed by atoms with Crippen LogP contribution in [0.1, 0.15) is 25.3 Å². The summed E-state index contributed by atoms with van der Waals surface area (Å²) in [5, 5.41) is 15.2. The smallest absolute Gasteiger partial charge is 0.315 e. The van der Waals surface area contributed by atoms with Crippen molar-refractivity contribution in [2.45, 2.75) is 32.2 Å². The lowest BCUT2D eigenvalue weighted by Gasteiger charge is -2.16. The summed E-state index contributed by atoms with van der Waals surface area (Å²) >= 11 is 5.80. The zero-order valence-corrected chi connectivity index (χ0v) is 11.9. The van der Waals surface area contributed by atoms with Crippen molar-refractivity contribution >= 4 is 17.6 Å². The molecule has 0 fully saturated rings. The van der Waals surface area contributed by atoms with Gasteiger partial charge in [-0.1, -0.05) is 30.7 Å². The molecule has 106 valence electrons. The third-order valence-corrected chi connectivity index (χ3v) is 3.17. The Bertz CT molecular complexity index is 382. The van der Waals surface area contributed by atoms with E-state index in [2.05, 4.69) is 10.6 Å². The number of hydrogen-bond donors (Lipinski definition) is 3. The summed E-state index contributed by atoms with van der Waals surface area (Å²) in [6.45, 7) is 2.64. The highest BCUT2D eigenvalue weighted by Crippen LogP contribution is 2.09. The van der Waals surface area contributed by atoms with Crippen molar-refractivity contribution in [3.63, 3.8) is 0 Å². The lowest BCUT2D eigenvalue weighted by atomic mass is 10.1. The summed E-state index contributed by atoms with van der Waals surface area (Å²) < 4.78 is 0. The monoisotopic (exact) mass is 284 g/mol. The fourth-order valence-electron chi connectivity index (χ4n) is 1.74. The van der Waals surface area contributed by atoms with Crippen molar-refractivity contribution in [3.05, 3.63) is 34.9 Å². The quantitative estimate of drug-likeness (QED) is 0.720. The maximum atomic E-state index is 11.6. The Labute approximate surface area is 119 Å². The van der Waals surface area contributed by atoms with Gasteiger partial charge in [-0.25, -0.2) is 4.79 Å². The van der Waals surface area contributed by atoms with E-state index in [0.29, 0.717) is 18.0 Å². The first-order valence-corrected chi connectivity index (χ1v) is 6.93. The fourth-order valence-corrected chi connectivity index (χ4v) is 1.87. The Morgan fingerprint density at radius 1 is 1.37 bits per heavy atom. The molecule has 1 rings (SSSR count). The van der Waals surface area contributed by atoms with E-state index in [1.165, 1.54) is 0 Å². The molecule has 0 aliphatic carbocycles. The van der Waals surface area contributed by atoms with Gasteiger partial charge in [0, 0.05) is 24.2 Å². The number of carbonyl (C=O) groups excluding carboxylic acids is 1. The first-order valence-electron chi connectivity index (χ1n) is 6.55. The zero-order chi connectivity index (χ0) is 14.1. The molecule has 1 atom stereocenters. The van der Waals surface area contributed by atoms with E-state index < -0.39 is 0 Å². The number of nitrogens with one attached hydrogen (secondary N) is 2. The van der Waals surface area contributed by atoms with Crippen LogP contribution in [0, 0.1) is 0 Å². The number of amides is 2. The Balaban J connectivity index is 2.24. The van der Waals surface area contributed by atoms with Crippen LogP contribution in [0.15, 0.2) is 24.3 Å². The van der Waals surface area contributed by atoms with Crippen LogP contribution in [0.5, 0.6) is 0 Å². The van der Waals surface area contributed by atoms with Gasteiger partial charge in [0.15, 0.2) is 0 Å². The van der Waals surface area contributed by atoms with Crippen LogP contribution in [0.25, 0.3) is 0 Å². The summed E-state index contributed by atoms with van der Waals surface area (Å²) in [7, 11) is 0. The Hall–Kier alpha value is -1.26. The highest BCUT2D eigenvalue weighted by molar-refractivity contribution is 6.30. The number of halogens is 1. The number of carbonyl (C=O) groups is 1. The molecule has 0 heterocycles. The second-order valence-electron chi connectivity index (χ2n) is 4.39. The Morgan fingerprint density at radius 2 is 2.05 bits per heavy atom. The summed E-state index contributed by atoms with van der Waals surface area (Å²) in [5.41, 5.74) is 1.13. The van der Waals surface area contributed by atoms with Gasteiger partial charge < -0.3 is 15.7 Å². The molecule has 5 heteroatoms. The average Bonchev–Trinajstić information content (AvgIpc) is 2.40. The molecule has 0 saturated heterocycles. The van der Waals surface area contributed by atoms with Gasteiger partial charge in [0.1, 0.15) is 0 Å². The van der Waals surface area contributed by atoms with Gasteiger partial charge in [-0.05, 0) is 37.0 Å². The normalized spacial score (nSPS) is 11.9. The number of hydrogen-bond acceptors (Lipinski definition) is 2. The topological polar surface area (TPSA) is 61.4 Å². The zero-order valence-electron chi connectivity index (χ0n) is 11.2. The average molecular weight is 285 g/mol. The second-order valence-corrected chi connectivity index (χ2v) is 4.83. The summed E-state index contributed by atoms with van der Waals surface area (Å²) in [6.07, 6.45) is 2.16. The Kier molecular flexibility index (Phi) is 7.30. The van der Waals surface area contributed by atoms with Crippen molar-refractivity contribution in [2.75, 3.05) is 13.2 Å². The maximum Gasteiger partial charge on any atom is 0.315 e. The molecule has 1 aromatic rings. The number of urea groups is 1. The summed E-state index contributed by atoms with van der Waals surface area (Å²) in [4.78, 5) is 11.6. The largest absolute Gasteiger partial charge is 0.396 e. The maximum absolute atomic E-state index is 11.6. The van der Waals surface area contributed by atoms with Crippen LogP contribution >= 0.6 is 11.6 Å². The van der Waals surface area contributed by atoms with Gasteiger partial charge >= 0.3 is 6.03 Å². The van der Waals surface area contributed by atoms with Crippen LogP contribution in [0.4, 0.5) is 4.79 Å². The van der Waals surface area contributed by atoms with E-state index in [0.717, 1.165) is 18.4 Å². The van der Waals surface area contributed by atoms with Gasteiger partial charge in [-0.2, -0.15) is 0 Å². The standard InChI is InChI=1S/C14H21ClN2O2/c1-2-13(8-10-18)17-14(19)16-9-7-11-3-5-12(15)6-4-11/h3-6,13,18H,2,7-10H2,1H3,(H2,16,17,19). The molecule has 0 aromatic heterocycles. The highest BCUT2D eigenvalue weighted by atomic mass is 35.5. The minimum atomic E-state index is -0.186. The van der Waals surface area contributed by atoms with Gasteiger partial charge in [-0.15, -0.1) is 0 Å². The number of rotatable bonds is 7. The third kappa shape index (κ3) is 6.45. The van der Waals surface area contributed by atoms with Crippen LogP contribution < -0.4 is 10.6 Å². The lowest BCUT2D eigenvalue weighted by molar-refractivity contribution is 0.228. The van der Waals surface area contributed by atoms with E-state index in [1.807, 2.05) is 31.2 Å². The van der Waals surface area contributed by atoms with E-state index in [-0.39, 0.29) is 18.7 Å². The molecule has 1 aromatic carbocycles. The van der Waals surface area contributed by atoms with Crippen molar-refractivity contribution in [2.24, 2.45) is 0 Å². The number of aliphatic hydroxyl groups is 1. The molecule has 0 spiro atoms. The first-order chi connectivity index (χ1) is 9.15.